The molecule has 0 atom stereocenters. The van der Waals surface area contributed by atoms with Gasteiger partial charge < -0.3 is 0 Å². The van der Waals surface area contributed by atoms with E-state index in [2.05, 4.69) is 303 Å². The minimum atomic E-state index is -0.733. The van der Waals surface area contributed by atoms with Crippen LogP contribution in [0, 0.1) is 0 Å². The zero-order valence-electron chi connectivity index (χ0n) is 40.9. The quantitative estimate of drug-likeness (QED) is 0.142. The summed E-state index contributed by atoms with van der Waals surface area (Å²) in [6.45, 7) is 0. The van der Waals surface area contributed by atoms with Crippen molar-refractivity contribution in [3.63, 3.8) is 0 Å². The molecule has 11 aromatic rings. The van der Waals surface area contributed by atoms with Crippen LogP contribution in [-0.4, -0.2) is 0 Å². The zero-order valence-corrected chi connectivity index (χ0v) is 40.9. The molecular weight excluding hydrogens is 889 g/mol. The van der Waals surface area contributed by atoms with Crippen molar-refractivity contribution >= 4 is 22.3 Å². The molecule has 0 unspecified atom stereocenters. The first-order valence-corrected chi connectivity index (χ1v) is 26.1. The first-order valence-electron chi connectivity index (χ1n) is 26.1. The minimum absolute atomic E-state index is 0.677. The maximum Gasteiger partial charge on any atom is 0.0716 e. The van der Waals surface area contributed by atoms with Crippen LogP contribution in [0.5, 0.6) is 0 Å². The summed E-state index contributed by atoms with van der Waals surface area (Å²) in [6.07, 6.45) is 0. The van der Waals surface area contributed by atoms with Crippen molar-refractivity contribution in [3.05, 3.63) is 392 Å². The Morgan fingerprint density at radius 3 is 0.581 bits per heavy atom. The predicted octanol–water partition coefficient (Wildman–Crippen LogP) is 16.9. The van der Waals surface area contributed by atoms with Crippen molar-refractivity contribution in [2.45, 2.75) is 21.7 Å². The highest BCUT2D eigenvalue weighted by Crippen LogP contribution is 2.74. The summed E-state index contributed by atoms with van der Waals surface area (Å²) >= 11 is 0. The van der Waals surface area contributed by atoms with Crippen molar-refractivity contribution in [1.82, 2.24) is 0 Å². The second-order valence-corrected chi connectivity index (χ2v) is 20.5. The topological polar surface area (TPSA) is 0 Å². The Morgan fingerprint density at radius 2 is 0.338 bits per heavy atom. The van der Waals surface area contributed by atoms with E-state index in [0.29, 0.717) is 0 Å². The van der Waals surface area contributed by atoms with E-state index in [9.17, 15) is 0 Å². The molecule has 0 radical (unpaired) electrons. The Bertz CT molecular complexity index is 3580. The monoisotopic (exact) mass is 938 g/mol. The van der Waals surface area contributed by atoms with Crippen LogP contribution < -0.4 is 0 Å². The molecule has 0 heteroatoms. The van der Waals surface area contributed by atoms with Gasteiger partial charge in [-0.1, -0.05) is 297 Å². The molecular formula is C74H50. The van der Waals surface area contributed by atoms with Gasteiger partial charge in [0.2, 0.25) is 0 Å². The predicted molar refractivity (Wildman–Crippen MR) is 304 cm³/mol. The number of allylic oxidation sites excluding steroid dienone is 4. The summed E-state index contributed by atoms with van der Waals surface area (Å²) in [5.74, 6) is 0. The van der Waals surface area contributed by atoms with Crippen molar-refractivity contribution in [2.75, 3.05) is 0 Å². The summed E-state index contributed by atoms with van der Waals surface area (Å²) in [7, 11) is 0. The molecule has 0 saturated carbocycles. The standard InChI is InChI=1S/C74H50/c1-9-29-51(30-10-1)71(52-31-11-2-12-32-52)63-47-27-25-45-59(63)67-69(71)61-49-62-66(50-65(61)73(67,55-37-17-5-18-38-55)56-39-19-6-20-40-56)74(57-41-21-7-22-42-57,58-43-23-8-24-44-58)68-60-46-26-28-48-64(60)72(70(62)68,53-33-13-3-14-34-53)54-35-15-4-16-36-54/h1-50H. The Kier molecular flexibility index (Phi) is 9.32. The lowest BCUT2D eigenvalue weighted by Crippen LogP contribution is -2.33. The second-order valence-electron chi connectivity index (χ2n) is 20.5. The fourth-order valence-corrected chi connectivity index (χ4v) is 14.9. The largest absolute Gasteiger partial charge is 0.0716 e. The smallest absolute Gasteiger partial charge is 0.0622 e. The van der Waals surface area contributed by atoms with E-state index < -0.39 is 21.7 Å². The molecule has 74 heavy (non-hydrogen) atoms. The van der Waals surface area contributed by atoms with E-state index in [1.165, 1.54) is 111 Å². The molecule has 4 aliphatic rings. The summed E-state index contributed by atoms with van der Waals surface area (Å²) in [4.78, 5) is 0. The molecule has 0 spiro atoms. The first kappa shape index (κ1) is 42.6. The van der Waals surface area contributed by atoms with Gasteiger partial charge in [0, 0.05) is 0 Å². The highest BCUT2D eigenvalue weighted by Gasteiger charge is 2.63. The van der Waals surface area contributed by atoms with Crippen LogP contribution in [0.2, 0.25) is 0 Å². The van der Waals surface area contributed by atoms with Crippen LogP contribution >= 0.6 is 0 Å². The summed E-state index contributed by atoms with van der Waals surface area (Å²) in [6, 6.07) is 115. The number of hydrogen-bond acceptors (Lipinski definition) is 0. The molecule has 0 fully saturated rings. The molecule has 0 N–H and O–H groups in total. The highest BCUT2D eigenvalue weighted by atomic mass is 14.6. The highest BCUT2D eigenvalue weighted by molar-refractivity contribution is 6.19. The average molecular weight is 939 g/mol. The van der Waals surface area contributed by atoms with Crippen molar-refractivity contribution in [2.24, 2.45) is 0 Å². The van der Waals surface area contributed by atoms with Crippen molar-refractivity contribution in [3.8, 4) is 0 Å². The van der Waals surface area contributed by atoms with Crippen molar-refractivity contribution < 1.29 is 0 Å². The molecule has 346 valence electrons. The molecule has 15 rings (SSSR count). The van der Waals surface area contributed by atoms with Gasteiger partial charge >= 0.3 is 0 Å². The molecule has 0 aliphatic heterocycles. The molecule has 0 nitrogen and oxygen atoms in total. The Hall–Kier alpha value is -9.10. The maximum atomic E-state index is 2.72. The first-order chi connectivity index (χ1) is 36.8. The van der Waals surface area contributed by atoms with Gasteiger partial charge in [-0.25, -0.2) is 0 Å². The van der Waals surface area contributed by atoms with Gasteiger partial charge in [-0.2, -0.15) is 0 Å². The van der Waals surface area contributed by atoms with Gasteiger partial charge in [-0.3, -0.25) is 0 Å². The second kappa shape index (κ2) is 16.2. The Morgan fingerprint density at radius 1 is 0.149 bits per heavy atom. The van der Waals surface area contributed by atoms with Gasteiger partial charge in [0.1, 0.15) is 0 Å². The zero-order chi connectivity index (χ0) is 48.9. The maximum absolute atomic E-state index is 2.72. The third kappa shape index (κ3) is 5.32. The molecule has 4 aliphatic carbocycles. The van der Waals surface area contributed by atoms with E-state index in [1.54, 1.807) is 0 Å². The van der Waals surface area contributed by atoms with Crippen LogP contribution in [0.4, 0.5) is 0 Å². The lowest BCUT2D eigenvalue weighted by Gasteiger charge is -2.40. The summed E-state index contributed by atoms with van der Waals surface area (Å²) in [5, 5.41) is 0. The molecule has 0 amide bonds. The molecule has 11 aromatic carbocycles. The minimum Gasteiger partial charge on any atom is -0.0622 e. The van der Waals surface area contributed by atoms with E-state index in [4.69, 9.17) is 0 Å². The van der Waals surface area contributed by atoms with E-state index in [1.807, 2.05) is 0 Å². The third-order valence-electron chi connectivity index (χ3n) is 17.4. The number of fused-ring (bicyclic) bond motifs is 8. The Balaban J connectivity index is 1.21. The lowest BCUT2D eigenvalue weighted by atomic mass is 9.61. The van der Waals surface area contributed by atoms with E-state index in [-0.39, 0.29) is 0 Å². The Labute approximate surface area is 434 Å². The van der Waals surface area contributed by atoms with Gasteiger partial charge in [0.15, 0.2) is 0 Å². The van der Waals surface area contributed by atoms with E-state index >= 15 is 0 Å². The van der Waals surface area contributed by atoms with Crippen LogP contribution in [0.3, 0.4) is 0 Å². The van der Waals surface area contributed by atoms with Crippen LogP contribution in [-0.2, 0) is 21.7 Å². The normalized spacial score (nSPS) is 16.4. The van der Waals surface area contributed by atoms with Gasteiger partial charge in [0.05, 0.1) is 21.7 Å². The molecule has 0 bridgehead atoms. The molecule has 0 heterocycles. The number of benzene rings is 11. The average Bonchev–Trinajstić information content (AvgIpc) is 4.32. The summed E-state index contributed by atoms with van der Waals surface area (Å²) < 4.78 is 0. The molecule has 0 aromatic heterocycles. The number of hydrogen-bond donors (Lipinski definition) is 0. The SMILES string of the molecule is c1ccc(C2(c3ccccc3)C3=C(c4ccccc42)C(c2ccccc2)(c2ccccc2)c2cc4c(cc23)C2=C(c3ccccc3C2(c2ccccc2)c2ccccc2)C4(c2ccccc2)c2ccccc2)cc1. The fraction of sp³-hybridized carbons (Fsp3) is 0.0541. The molecule has 0 saturated heterocycles. The van der Waals surface area contributed by atoms with Crippen molar-refractivity contribution in [1.29, 1.82) is 0 Å². The third-order valence-corrected chi connectivity index (χ3v) is 17.4. The fourth-order valence-electron chi connectivity index (χ4n) is 14.9. The number of rotatable bonds is 8. The van der Waals surface area contributed by atoms with Crippen LogP contribution in [0.15, 0.2) is 303 Å². The van der Waals surface area contributed by atoms with Crippen LogP contribution in [0.1, 0.15) is 89.0 Å². The van der Waals surface area contributed by atoms with E-state index in [0.717, 1.165) is 0 Å². The summed E-state index contributed by atoms with van der Waals surface area (Å²) in [5.41, 5.74) is 23.0. The lowest BCUT2D eigenvalue weighted by molar-refractivity contribution is 0.776. The van der Waals surface area contributed by atoms with Crippen LogP contribution in [0.25, 0.3) is 22.3 Å². The van der Waals surface area contributed by atoms with Gasteiger partial charge in [-0.15, -0.1) is 0 Å². The van der Waals surface area contributed by atoms with Gasteiger partial charge in [0.25, 0.3) is 0 Å². The van der Waals surface area contributed by atoms with Gasteiger partial charge in [-0.05, 0) is 117 Å².